The minimum atomic E-state index is -0.855. The second kappa shape index (κ2) is 4.44. The molecule has 3 heteroatoms. The zero-order valence-electron chi connectivity index (χ0n) is 9.39. The van der Waals surface area contributed by atoms with Gasteiger partial charge in [-0.25, -0.2) is 0 Å². The van der Waals surface area contributed by atoms with E-state index in [1.807, 2.05) is 6.07 Å². The normalized spacial score (nSPS) is 30.2. The van der Waals surface area contributed by atoms with Crippen molar-refractivity contribution in [2.24, 2.45) is 11.7 Å². The summed E-state index contributed by atoms with van der Waals surface area (Å²) in [5.41, 5.74) is 5.67. The number of rotatable bonds is 2. The van der Waals surface area contributed by atoms with Crippen molar-refractivity contribution in [2.75, 3.05) is 6.54 Å². The molecule has 2 rings (SSSR count). The molecule has 1 saturated carbocycles. The van der Waals surface area contributed by atoms with Crippen molar-refractivity contribution in [1.29, 1.82) is 0 Å². The number of phenols is 1. The van der Waals surface area contributed by atoms with Gasteiger partial charge in [0, 0.05) is 5.92 Å². The van der Waals surface area contributed by atoms with Gasteiger partial charge in [-0.3, -0.25) is 0 Å². The number of hydrogen-bond donors (Lipinski definition) is 3. The maximum atomic E-state index is 10.7. The lowest BCUT2D eigenvalue weighted by Crippen LogP contribution is -2.41. The fourth-order valence-electron chi connectivity index (χ4n) is 2.70. The van der Waals surface area contributed by atoms with Crippen LogP contribution >= 0.6 is 0 Å². The van der Waals surface area contributed by atoms with E-state index >= 15 is 0 Å². The lowest BCUT2D eigenvalue weighted by Gasteiger charge is -2.40. The van der Waals surface area contributed by atoms with Crippen molar-refractivity contribution in [2.45, 2.75) is 31.3 Å². The van der Waals surface area contributed by atoms with Crippen LogP contribution in [0.25, 0.3) is 0 Å². The molecule has 1 aromatic rings. The van der Waals surface area contributed by atoms with Crippen LogP contribution in [-0.2, 0) is 5.60 Å². The van der Waals surface area contributed by atoms with Crippen LogP contribution in [-0.4, -0.2) is 16.8 Å². The van der Waals surface area contributed by atoms with Gasteiger partial charge in [0.25, 0.3) is 0 Å². The fraction of sp³-hybridized carbons (Fsp3) is 0.538. The summed E-state index contributed by atoms with van der Waals surface area (Å²) in [6, 6.07) is 6.90. The molecule has 16 heavy (non-hydrogen) atoms. The Hall–Kier alpha value is -1.06. The summed E-state index contributed by atoms with van der Waals surface area (Å²) < 4.78 is 0. The third kappa shape index (κ3) is 1.93. The maximum Gasteiger partial charge on any atom is 0.115 e. The molecule has 0 aromatic heterocycles. The SMILES string of the molecule is NC[C@H]1CCCC[C@]1(O)c1cccc(O)c1. The quantitative estimate of drug-likeness (QED) is 0.712. The smallest absolute Gasteiger partial charge is 0.115 e. The summed E-state index contributed by atoms with van der Waals surface area (Å²) >= 11 is 0. The van der Waals surface area contributed by atoms with Crippen LogP contribution in [0.15, 0.2) is 24.3 Å². The second-order valence-electron chi connectivity index (χ2n) is 4.65. The van der Waals surface area contributed by atoms with Crippen LogP contribution in [0.2, 0.25) is 0 Å². The van der Waals surface area contributed by atoms with Crippen LogP contribution in [0.5, 0.6) is 5.75 Å². The van der Waals surface area contributed by atoms with Gasteiger partial charge in [-0.2, -0.15) is 0 Å². The molecule has 1 fully saturated rings. The Bertz CT molecular complexity index is 367. The van der Waals surface area contributed by atoms with Crippen LogP contribution in [0, 0.1) is 5.92 Å². The molecule has 0 bridgehead atoms. The largest absolute Gasteiger partial charge is 0.508 e. The van der Waals surface area contributed by atoms with Crippen molar-refractivity contribution in [3.8, 4) is 5.75 Å². The summed E-state index contributed by atoms with van der Waals surface area (Å²) in [5, 5.41) is 20.2. The summed E-state index contributed by atoms with van der Waals surface area (Å²) in [5.74, 6) is 0.301. The Morgan fingerprint density at radius 2 is 2.19 bits per heavy atom. The van der Waals surface area contributed by atoms with E-state index in [1.54, 1.807) is 18.2 Å². The van der Waals surface area contributed by atoms with Crippen LogP contribution in [0.3, 0.4) is 0 Å². The first kappa shape index (κ1) is 11.4. The lowest BCUT2D eigenvalue weighted by molar-refractivity contribution is -0.0507. The predicted octanol–water partition coefficient (Wildman–Crippen LogP) is 1.73. The zero-order valence-corrected chi connectivity index (χ0v) is 9.39. The van der Waals surface area contributed by atoms with E-state index in [-0.39, 0.29) is 11.7 Å². The van der Waals surface area contributed by atoms with Gasteiger partial charge in [0.1, 0.15) is 5.75 Å². The van der Waals surface area contributed by atoms with Crippen molar-refractivity contribution in [3.05, 3.63) is 29.8 Å². The van der Waals surface area contributed by atoms with Gasteiger partial charge in [-0.05, 0) is 37.1 Å². The topological polar surface area (TPSA) is 66.5 Å². The number of aliphatic hydroxyl groups is 1. The highest BCUT2D eigenvalue weighted by Crippen LogP contribution is 2.41. The van der Waals surface area contributed by atoms with Crippen molar-refractivity contribution < 1.29 is 10.2 Å². The molecule has 4 N–H and O–H groups in total. The number of nitrogens with two attached hydrogens (primary N) is 1. The molecule has 88 valence electrons. The summed E-state index contributed by atoms with van der Waals surface area (Å²) in [7, 11) is 0. The van der Waals surface area contributed by atoms with E-state index in [1.165, 1.54) is 0 Å². The lowest BCUT2D eigenvalue weighted by atomic mass is 9.71. The number of aromatic hydroxyl groups is 1. The molecule has 3 nitrogen and oxygen atoms in total. The van der Waals surface area contributed by atoms with E-state index in [2.05, 4.69) is 0 Å². The molecule has 1 aromatic carbocycles. The summed E-state index contributed by atoms with van der Waals surface area (Å²) in [6.07, 6.45) is 3.84. The maximum absolute atomic E-state index is 10.7. The van der Waals surface area contributed by atoms with Gasteiger partial charge in [0.05, 0.1) is 5.60 Å². The van der Waals surface area contributed by atoms with E-state index in [4.69, 9.17) is 5.73 Å². The standard InChI is InChI=1S/C13H19NO2/c14-9-11-4-1-2-7-13(11,16)10-5-3-6-12(15)8-10/h3,5-6,8,11,15-16H,1-2,4,7,9,14H2/t11-,13+/m1/s1. The van der Waals surface area contributed by atoms with E-state index < -0.39 is 5.60 Å². The first-order valence-electron chi connectivity index (χ1n) is 5.89. The molecule has 0 radical (unpaired) electrons. The van der Waals surface area contributed by atoms with E-state index in [0.717, 1.165) is 31.2 Å². The molecule has 0 aliphatic heterocycles. The molecule has 0 amide bonds. The monoisotopic (exact) mass is 221 g/mol. The summed E-state index contributed by atoms with van der Waals surface area (Å²) in [6.45, 7) is 0.492. The first-order chi connectivity index (χ1) is 7.66. The summed E-state index contributed by atoms with van der Waals surface area (Å²) in [4.78, 5) is 0. The molecule has 0 saturated heterocycles. The molecule has 2 atom stereocenters. The van der Waals surface area contributed by atoms with Crippen LogP contribution in [0.4, 0.5) is 0 Å². The molecule has 1 aliphatic carbocycles. The van der Waals surface area contributed by atoms with Crippen molar-refractivity contribution in [1.82, 2.24) is 0 Å². The van der Waals surface area contributed by atoms with Gasteiger partial charge < -0.3 is 15.9 Å². The average Bonchev–Trinajstić information content (AvgIpc) is 2.30. The molecule has 0 unspecified atom stereocenters. The highest BCUT2D eigenvalue weighted by molar-refractivity contribution is 5.32. The Balaban J connectivity index is 2.34. The minimum Gasteiger partial charge on any atom is -0.508 e. The van der Waals surface area contributed by atoms with E-state index in [0.29, 0.717) is 6.54 Å². The number of benzene rings is 1. The van der Waals surface area contributed by atoms with Gasteiger partial charge in [-0.1, -0.05) is 25.0 Å². The van der Waals surface area contributed by atoms with E-state index in [9.17, 15) is 10.2 Å². The van der Waals surface area contributed by atoms with Gasteiger partial charge >= 0.3 is 0 Å². The Labute approximate surface area is 95.9 Å². The Kier molecular flexibility index (Phi) is 3.17. The predicted molar refractivity (Wildman–Crippen MR) is 63.0 cm³/mol. The number of phenolic OH excluding ortho intramolecular Hbond substituents is 1. The Morgan fingerprint density at radius 3 is 2.88 bits per heavy atom. The van der Waals surface area contributed by atoms with Crippen LogP contribution in [0.1, 0.15) is 31.2 Å². The highest BCUT2D eigenvalue weighted by atomic mass is 16.3. The first-order valence-corrected chi connectivity index (χ1v) is 5.89. The van der Waals surface area contributed by atoms with Gasteiger partial charge in [0.2, 0.25) is 0 Å². The molecular weight excluding hydrogens is 202 g/mol. The molecule has 1 aliphatic rings. The molecule has 0 heterocycles. The van der Waals surface area contributed by atoms with Gasteiger partial charge in [-0.15, -0.1) is 0 Å². The second-order valence-corrected chi connectivity index (χ2v) is 4.65. The number of hydrogen-bond acceptors (Lipinski definition) is 3. The van der Waals surface area contributed by atoms with Crippen molar-refractivity contribution in [3.63, 3.8) is 0 Å². The van der Waals surface area contributed by atoms with Crippen LogP contribution < -0.4 is 5.73 Å². The molecular formula is C13H19NO2. The molecule has 0 spiro atoms. The average molecular weight is 221 g/mol. The minimum absolute atomic E-state index is 0.100. The zero-order chi connectivity index (χ0) is 11.6. The van der Waals surface area contributed by atoms with Gasteiger partial charge in [0.15, 0.2) is 0 Å². The highest BCUT2D eigenvalue weighted by Gasteiger charge is 2.39. The Morgan fingerprint density at radius 1 is 1.38 bits per heavy atom. The fourth-order valence-corrected chi connectivity index (χ4v) is 2.70. The van der Waals surface area contributed by atoms with Crippen molar-refractivity contribution >= 4 is 0 Å². The third-order valence-electron chi connectivity index (χ3n) is 3.67. The third-order valence-corrected chi connectivity index (χ3v) is 3.67.